The molecule has 6 heteroatoms. The number of hydrogen-bond donors (Lipinski definition) is 1. The summed E-state index contributed by atoms with van der Waals surface area (Å²) >= 11 is 0. The molecule has 0 radical (unpaired) electrons. The third-order valence-electron chi connectivity index (χ3n) is 3.07. The number of aromatic nitrogens is 1. The highest BCUT2D eigenvalue weighted by molar-refractivity contribution is 5.84. The summed E-state index contributed by atoms with van der Waals surface area (Å²) in [6.07, 6.45) is -3.90. The Labute approximate surface area is 113 Å². The number of hydrogen-bond acceptors (Lipinski definition) is 2. The summed E-state index contributed by atoms with van der Waals surface area (Å²) in [5.41, 5.74) is 0.682. The number of fused-ring (bicyclic) bond motifs is 1. The van der Waals surface area contributed by atoms with Crippen LogP contribution in [0.3, 0.4) is 0 Å². The van der Waals surface area contributed by atoms with E-state index in [4.69, 9.17) is 0 Å². The number of alkyl halides is 3. The average Bonchev–Trinajstić information content (AvgIpc) is 2.78. The van der Waals surface area contributed by atoms with E-state index in [0.717, 1.165) is 0 Å². The smallest absolute Gasteiger partial charge is 0.396 e. The Hall–Kier alpha value is -1.98. The first-order valence-corrected chi connectivity index (χ1v) is 6.21. The number of carbonyl (C=O) groups excluding carboxylic acids is 1. The van der Waals surface area contributed by atoms with E-state index >= 15 is 0 Å². The van der Waals surface area contributed by atoms with Crippen LogP contribution in [0, 0.1) is 0 Å². The van der Waals surface area contributed by atoms with E-state index in [9.17, 15) is 18.0 Å². The highest BCUT2D eigenvalue weighted by Crippen LogP contribution is 2.40. The van der Waals surface area contributed by atoms with Crippen LogP contribution in [0.1, 0.15) is 24.8 Å². The maximum atomic E-state index is 13.2. The maximum Gasteiger partial charge on any atom is 0.396 e. The standard InChI is InChI=1S/C14H14F3NO2/c1-2-20-13(19)7-11(14(15,16)17)10-8-18-12-6-4-3-5-9(10)12/h3-6,8,11,18H,2,7H2,1H3/t11-/m0/s1. The van der Waals surface area contributed by atoms with E-state index in [1.165, 1.54) is 6.20 Å². The van der Waals surface area contributed by atoms with Crippen LogP contribution >= 0.6 is 0 Å². The Kier molecular flexibility index (Phi) is 4.01. The number of ether oxygens (including phenoxy) is 1. The van der Waals surface area contributed by atoms with Gasteiger partial charge < -0.3 is 9.72 Å². The summed E-state index contributed by atoms with van der Waals surface area (Å²) in [5, 5.41) is 0.471. The predicted molar refractivity (Wildman–Crippen MR) is 68.3 cm³/mol. The lowest BCUT2D eigenvalue weighted by Gasteiger charge is -2.19. The zero-order chi connectivity index (χ0) is 14.8. The number of nitrogens with one attached hydrogen (secondary N) is 1. The molecule has 0 saturated heterocycles. The zero-order valence-corrected chi connectivity index (χ0v) is 10.8. The molecule has 1 heterocycles. The Balaban J connectivity index is 2.39. The molecule has 0 aliphatic rings. The number of rotatable bonds is 4. The van der Waals surface area contributed by atoms with Crippen molar-refractivity contribution in [3.8, 4) is 0 Å². The summed E-state index contributed by atoms with van der Waals surface area (Å²) in [5.74, 6) is -2.71. The first-order valence-electron chi connectivity index (χ1n) is 6.21. The normalized spacial score (nSPS) is 13.4. The topological polar surface area (TPSA) is 42.1 Å². The number of para-hydroxylation sites is 1. The first-order chi connectivity index (χ1) is 9.43. The molecular weight excluding hydrogens is 271 g/mol. The maximum absolute atomic E-state index is 13.2. The summed E-state index contributed by atoms with van der Waals surface area (Å²) in [7, 11) is 0. The van der Waals surface area contributed by atoms with Gasteiger partial charge in [-0.1, -0.05) is 18.2 Å². The van der Waals surface area contributed by atoms with Crippen molar-refractivity contribution in [2.75, 3.05) is 6.61 Å². The molecule has 0 saturated carbocycles. The van der Waals surface area contributed by atoms with Crippen LogP contribution in [-0.4, -0.2) is 23.7 Å². The molecule has 1 aromatic carbocycles. The minimum atomic E-state index is -4.50. The van der Waals surface area contributed by atoms with Gasteiger partial charge in [0.25, 0.3) is 0 Å². The number of halogens is 3. The SMILES string of the molecule is CCOC(=O)C[C@@H](c1c[nH]c2ccccc12)C(F)(F)F. The molecule has 1 aromatic heterocycles. The lowest BCUT2D eigenvalue weighted by molar-refractivity contribution is -0.166. The van der Waals surface area contributed by atoms with Crippen LogP contribution in [0.4, 0.5) is 13.2 Å². The van der Waals surface area contributed by atoms with Gasteiger partial charge in [-0.2, -0.15) is 13.2 Å². The van der Waals surface area contributed by atoms with Crippen LogP contribution in [0.2, 0.25) is 0 Å². The van der Waals surface area contributed by atoms with Gasteiger partial charge >= 0.3 is 12.1 Å². The minimum absolute atomic E-state index is 0.0668. The molecule has 1 atom stereocenters. The van der Waals surface area contributed by atoms with E-state index in [2.05, 4.69) is 9.72 Å². The van der Waals surface area contributed by atoms with E-state index in [1.54, 1.807) is 31.2 Å². The molecule has 20 heavy (non-hydrogen) atoms. The molecule has 0 spiro atoms. The second-order valence-corrected chi connectivity index (χ2v) is 4.39. The molecule has 108 valence electrons. The molecule has 0 aliphatic carbocycles. The molecule has 1 N–H and O–H groups in total. The van der Waals surface area contributed by atoms with Crippen molar-refractivity contribution < 1.29 is 22.7 Å². The molecule has 3 nitrogen and oxygen atoms in total. The highest BCUT2D eigenvalue weighted by atomic mass is 19.4. The summed E-state index contributed by atoms with van der Waals surface area (Å²) in [6, 6.07) is 6.69. The number of benzene rings is 1. The first kappa shape index (κ1) is 14.4. The second kappa shape index (κ2) is 5.56. The average molecular weight is 285 g/mol. The Morgan fingerprint density at radius 2 is 2.05 bits per heavy atom. The fraction of sp³-hybridized carbons (Fsp3) is 0.357. The van der Waals surface area contributed by atoms with Gasteiger partial charge in [0.15, 0.2) is 0 Å². The third-order valence-corrected chi connectivity index (χ3v) is 3.07. The van der Waals surface area contributed by atoms with Gasteiger partial charge in [0.1, 0.15) is 0 Å². The lowest BCUT2D eigenvalue weighted by Crippen LogP contribution is -2.24. The van der Waals surface area contributed by atoms with E-state index in [1.807, 2.05) is 0 Å². The van der Waals surface area contributed by atoms with E-state index in [0.29, 0.717) is 10.9 Å². The predicted octanol–water partition coefficient (Wildman–Crippen LogP) is 3.77. The molecule has 0 unspecified atom stereocenters. The van der Waals surface area contributed by atoms with Crippen molar-refractivity contribution in [1.82, 2.24) is 4.98 Å². The molecule has 0 aliphatic heterocycles. The van der Waals surface area contributed by atoms with Gasteiger partial charge in [-0.25, -0.2) is 0 Å². The number of H-pyrrole nitrogens is 1. The van der Waals surface area contributed by atoms with E-state index in [-0.39, 0.29) is 12.2 Å². The van der Waals surface area contributed by atoms with E-state index < -0.39 is 24.5 Å². The summed E-state index contributed by atoms with van der Waals surface area (Å²) in [6.45, 7) is 1.63. The third kappa shape index (κ3) is 2.95. The second-order valence-electron chi connectivity index (χ2n) is 4.39. The van der Waals surface area contributed by atoms with Gasteiger partial charge in [0, 0.05) is 17.1 Å². The number of carbonyl (C=O) groups is 1. The molecule has 0 amide bonds. The Morgan fingerprint density at radius 3 is 2.70 bits per heavy atom. The molecule has 2 aromatic rings. The largest absolute Gasteiger partial charge is 0.466 e. The van der Waals surface area contributed by atoms with Gasteiger partial charge in [-0.15, -0.1) is 0 Å². The molecular formula is C14H14F3NO2. The van der Waals surface area contributed by atoms with Crippen LogP contribution in [0.5, 0.6) is 0 Å². The van der Waals surface area contributed by atoms with Crippen molar-refractivity contribution in [1.29, 1.82) is 0 Å². The Bertz CT molecular complexity index is 604. The fourth-order valence-corrected chi connectivity index (χ4v) is 2.17. The van der Waals surface area contributed by atoms with Crippen molar-refractivity contribution >= 4 is 16.9 Å². The molecule has 2 rings (SSSR count). The minimum Gasteiger partial charge on any atom is -0.466 e. The Morgan fingerprint density at radius 1 is 1.35 bits per heavy atom. The van der Waals surface area contributed by atoms with Gasteiger partial charge in [-0.05, 0) is 18.6 Å². The van der Waals surface area contributed by atoms with Crippen LogP contribution in [-0.2, 0) is 9.53 Å². The quantitative estimate of drug-likeness (QED) is 0.869. The van der Waals surface area contributed by atoms with Crippen LogP contribution in [0.25, 0.3) is 10.9 Å². The summed E-state index contributed by atoms with van der Waals surface area (Å²) < 4.78 is 44.2. The molecule has 0 fully saturated rings. The highest BCUT2D eigenvalue weighted by Gasteiger charge is 2.43. The van der Waals surface area contributed by atoms with Crippen LogP contribution in [0.15, 0.2) is 30.5 Å². The van der Waals surface area contributed by atoms with Crippen molar-refractivity contribution in [3.05, 3.63) is 36.0 Å². The van der Waals surface area contributed by atoms with Crippen molar-refractivity contribution in [3.63, 3.8) is 0 Å². The monoisotopic (exact) mass is 285 g/mol. The number of aromatic amines is 1. The van der Waals surface area contributed by atoms with Gasteiger partial charge in [-0.3, -0.25) is 4.79 Å². The molecule has 0 bridgehead atoms. The van der Waals surface area contributed by atoms with Crippen LogP contribution < -0.4 is 0 Å². The number of esters is 1. The van der Waals surface area contributed by atoms with Gasteiger partial charge in [0.05, 0.1) is 18.9 Å². The van der Waals surface area contributed by atoms with Crippen molar-refractivity contribution in [2.24, 2.45) is 0 Å². The fourth-order valence-electron chi connectivity index (χ4n) is 2.17. The zero-order valence-electron chi connectivity index (χ0n) is 10.8. The summed E-state index contributed by atoms with van der Waals surface area (Å²) in [4.78, 5) is 14.2. The lowest BCUT2D eigenvalue weighted by atomic mass is 9.94. The van der Waals surface area contributed by atoms with Gasteiger partial charge in [0.2, 0.25) is 0 Å². The van der Waals surface area contributed by atoms with Crippen molar-refractivity contribution in [2.45, 2.75) is 25.4 Å².